The average Bonchev–Trinajstić information content (AvgIpc) is 2.83. The molecular weight excluding hydrogens is 266 g/mol. The molecule has 5 nitrogen and oxygen atoms in total. The number of carbonyl (C=O) groups excluding carboxylic acids is 2. The third-order valence-corrected chi connectivity index (χ3v) is 5.81. The van der Waals surface area contributed by atoms with E-state index in [1.807, 2.05) is 9.80 Å². The van der Waals surface area contributed by atoms with Crippen LogP contribution >= 0.6 is 0 Å². The summed E-state index contributed by atoms with van der Waals surface area (Å²) in [5.74, 6) is 1.52. The SMILES string of the molecule is CC1CC(C)C(C(=O)N2CCN3C(=O)CCC3C2)CC1N. The highest BCUT2D eigenvalue weighted by Crippen LogP contribution is 2.35. The second kappa shape index (κ2) is 5.59. The molecule has 5 atom stereocenters. The average molecular weight is 293 g/mol. The Bertz CT molecular complexity index is 439. The number of nitrogens with zero attached hydrogens (tertiary/aromatic N) is 2. The van der Waals surface area contributed by atoms with Crippen molar-refractivity contribution in [3.05, 3.63) is 0 Å². The molecular formula is C16H27N3O2. The second-order valence-electron chi connectivity index (χ2n) is 7.26. The lowest BCUT2D eigenvalue weighted by atomic mass is 9.72. The maximum Gasteiger partial charge on any atom is 0.226 e. The maximum atomic E-state index is 12.9. The Morgan fingerprint density at radius 1 is 1.19 bits per heavy atom. The number of amides is 2. The molecule has 5 unspecified atom stereocenters. The number of hydrogen-bond acceptors (Lipinski definition) is 3. The van der Waals surface area contributed by atoms with Crippen LogP contribution in [0.15, 0.2) is 0 Å². The second-order valence-corrected chi connectivity index (χ2v) is 7.26. The van der Waals surface area contributed by atoms with E-state index in [9.17, 15) is 9.59 Å². The van der Waals surface area contributed by atoms with Gasteiger partial charge in [-0.15, -0.1) is 0 Å². The van der Waals surface area contributed by atoms with E-state index in [-0.39, 0.29) is 29.8 Å². The summed E-state index contributed by atoms with van der Waals surface area (Å²) in [5.41, 5.74) is 6.18. The standard InChI is InChI=1S/C16H27N3O2/c1-10-7-11(2)14(17)8-13(10)16(21)18-5-6-19-12(9-18)3-4-15(19)20/h10-14H,3-9,17H2,1-2H3. The zero-order valence-electron chi connectivity index (χ0n) is 13.1. The van der Waals surface area contributed by atoms with Gasteiger partial charge < -0.3 is 15.5 Å². The largest absolute Gasteiger partial charge is 0.339 e. The molecule has 0 radical (unpaired) electrons. The van der Waals surface area contributed by atoms with Crippen LogP contribution in [-0.2, 0) is 9.59 Å². The summed E-state index contributed by atoms with van der Waals surface area (Å²) < 4.78 is 0. The first kappa shape index (κ1) is 14.8. The van der Waals surface area contributed by atoms with Gasteiger partial charge in [-0.1, -0.05) is 13.8 Å². The van der Waals surface area contributed by atoms with Crippen molar-refractivity contribution in [3.63, 3.8) is 0 Å². The predicted octanol–water partition coefficient (Wildman–Crippen LogP) is 0.829. The van der Waals surface area contributed by atoms with E-state index < -0.39 is 0 Å². The van der Waals surface area contributed by atoms with Crippen LogP contribution in [0.5, 0.6) is 0 Å². The molecule has 1 saturated carbocycles. The van der Waals surface area contributed by atoms with E-state index in [0.29, 0.717) is 31.3 Å². The summed E-state index contributed by atoms with van der Waals surface area (Å²) in [4.78, 5) is 28.5. The lowest BCUT2D eigenvalue weighted by molar-refractivity contribution is -0.144. The van der Waals surface area contributed by atoms with Crippen LogP contribution < -0.4 is 5.73 Å². The van der Waals surface area contributed by atoms with Gasteiger partial charge in [-0.25, -0.2) is 0 Å². The molecule has 3 aliphatic rings. The number of piperazine rings is 1. The molecule has 0 aromatic heterocycles. The smallest absolute Gasteiger partial charge is 0.226 e. The van der Waals surface area contributed by atoms with Crippen LogP contribution in [0.2, 0.25) is 0 Å². The highest BCUT2D eigenvalue weighted by molar-refractivity contribution is 5.82. The van der Waals surface area contributed by atoms with Gasteiger partial charge in [0, 0.05) is 44.1 Å². The molecule has 21 heavy (non-hydrogen) atoms. The Morgan fingerprint density at radius 3 is 2.71 bits per heavy atom. The third-order valence-electron chi connectivity index (χ3n) is 5.81. The van der Waals surface area contributed by atoms with E-state index in [4.69, 9.17) is 5.73 Å². The first-order chi connectivity index (χ1) is 9.97. The molecule has 2 saturated heterocycles. The van der Waals surface area contributed by atoms with Gasteiger partial charge in [0.05, 0.1) is 0 Å². The van der Waals surface area contributed by atoms with E-state index in [1.54, 1.807) is 0 Å². The van der Waals surface area contributed by atoms with Gasteiger partial charge in [-0.05, 0) is 31.1 Å². The van der Waals surface area contributed by atoms with E-state index in [0.717, 1.165) is 25.8 Å². The Balaban J connectivity index is 1.64. The topological polar surface area (TPSA) is 66.6 Å². The number of rotatable bonds is 1. The minimum Gasteiger partial charge on any atom is -0.339 e. The highest BCUT2D eigenvalue weighted by atomic mass is 16.2. The molecule has 3 rings (SSSR count). The first-order valence-corrected chi connectivity index (χ1v) is 8.31. The van der Waals surface area contributed by atoms with Gasteiger partial charge >= 0.3 is 0 Å². The molecule has 0 aromatic carbocycles. The normalized spacial score (nSPS) is 40.3. The van der Waals surface area contributed by atoms with Crippen molar-refractivity contribution in [1.82, 2.24) is 9.80 Å². The van der Waals surface area contributed by atoms with Gasteiger partial charge in [-0.3, -0.25) is 9.59 Å². The van der Waals surface area contributed by atoms with E-state index in [2.05, 4.69) is 13.8 Å². The molecule has 1 aliphatic carbocycles. The summed E-state index contributed by atoms with van der Waals surface area (Å²) in [6.45, 7) is 6.48. The van der Waals surface area contributed by atoms with Gasteiger partial charge in [0.2, 0.25) is 11.8 Å². The fraction of sp³-hybridized carbons (Fsp3) is 0.875. The summed E-state index contributed by atoms with van der Waals surface area (Å²) in [5, 5.41) is 0. The van der Waals surface area contributed by atoms with E-state index >= 15 is 0 Å². The Morgan fingerprint density at radius 2 is 1.95 bits per heavy atom. The summed E-state index contributed by atoms with van der Waals surface area (Å²) in [7, 11) is 0. The fourth-order valence-corrected chi connectivity index (χ4v) is 4.33. The van der Waals surface area contributed by atoms with Gasteiger partial charge in [0.1, 0.15) is 0 Å². The van der Waals surface area contributed by atoms with Crippen molar-refractivity contribution in [2.24, 2.45) is 23.5 Å². The molecule has 5 heteroatoms. The minimum atomic E-state index is 0.0693. The van der Waals surface area contributed by atoms with Crippen molar-refractivity contribution in [3.8, 4) is 0 Å². The van der Waals surface area contributed by atoms with Crippen LogP contribution in [-0.4, -0.2) is 53.3 Å². The summed E-state index contributed by atoms with van der Waals surface area (Å²) >= 11 is 0. The molecule has 2 heterocycles. The molecule has 0 bridgehead atoms. The van der Waals surface area contributed by atoms with E-state index in [1.165, 1.54) is 0 Å². The quantitative estimate of drug-likeness (QED) is 0.778. The lowest BCUT2D eigenvalue weighted by Gasteiger charge is -2.42. The van der Waals surface area contributed by atoms with Crippen LogP contribution in [0.4, 0.5) is 0 Å². The van der Waals surface area contributed by atoms with Crippen LogP contribution in [0.1, 0.15) is 39.5 Å². The molecule has 118 valence electrons. The summed E-state index contributed by atoms with van der Waals surface area (Å²) in [6.07, 6.45) is 3.40. The predicted molar refractivity (Wildman–Crippen MR) is 80.3 cm³/mol. The van der Waals surface area contributed by atoms with Crippen molar-refractivity contribution < 1.29 is 9.59 Å². The molecule has 0 aromatic rings. The van der Waals surface area contributed by atoms with Gasteiger partial charge in [0.25, 0.3) is 0 Å². The van der Waals surface area contributed by atoms with Crippen molar-refractivity contribution in [1.29, 1.82) is 0 Å². The molecule has 2 amide bonds. The zero-order valence-corrected chi connectivity index (χ0v) is 13.1. The lowest BCUT2D eigenvalue weighted by Crippen LogP contribution is -2.56. The third kappa shape index (κ3) is 2.68. The van der Waals surface area contributed by atoms with Gasteiger partial charge in [0.15, 0.2) is 0 Å². The summed E-state index contributed by atoms with van der Waals surface area (Å²) in [6, 6.07) is 0.395. The molecule has 2 aliphatic heterocycles. The Kier molecular flexibility index (Phi) is 3.95. The maximum absolute atomic E-state index is 12.9. The monoisotopic (exact) mass is 293 g/mol. The number of nitrogens with two attached hydrogens (primary N) is 1. The molecule has 0 spiro atoms. The van der Waals surface area contributed by atoms with Crippen LogP contribution in [0.3, 0.4) is 0 Å². The number of fused-ring (bicyclic) bond motifs is 1. The number of carbonyl (C=O) groups is 2. The molecule has 3 fully saturated rings. The molecule has 2 N–H and O–H groups in total. The Labute approximate surface area is 126 Å². The first-order valence-electron chi connectivity index (χ1n) is 8.31. The fourth-order valence-electron chi connectivity index (χ4n) is 4.33. The highest BCUT2D eigenvalue weighted by Gasteiger charge is 2.41. The zero-order chi connectivity index (χ0) is 15.1. The van der Waals surface area contributed by atoms with Crippen molar-refractivity contribution in [2.75, 3.05) is 19.6 Å². The number of hydrogen-bond donors (Lipinski definition) is 1. The van der Waals surface area contributed by atoms with Crippen molar-refractivity contribution in [2.45, 2.75) is 51.6 Å². The Hall–Kier alpha value is -1.10. The van der Waals surface area contributed by atoms with Crippen molar-refractivity contribution >= 4 is 11.8 Å². The minimum absolute atomic E-state index is 0.0693. The van der Waals surface area contributed by atoms with Gasteiger partial charge in [-0.2, -0.15) is 0 Å². The van der Waals surface area contributed by atoms with Crippen LogP contribution in [0, 0.1) is 17.8 Å². The van der Waals surface area contributed by atoms with Crippen LogP contribution in [0.25, 0.3) is 0 Å².